The normalized spacial score (nSPS) is 10.7. The Hall–Kier alpha value is -2.07. The number of carboxylic acids is 1. The number of carbonyl (C=O) groups excluding carboxylic acids is 1. The van der Waals surface area contributed by atoms with Crippen LogP contribution in [0, 0.1) is 0 Å². The number of rotatable bonds is 8. The first-order valence-electron chi connectivity index (χ1n) is 7.43. The lowest BCUT2D eigenvalue weighted by molar-refractivity contribution is -0.672. The van der Waals surface area contributed by atoms with Gasteiger partial charge in [0.1, 0.15) is 12.3 Å². The maximum Gasteiger partial charge on any atom is 0.158 e. The van der Waals surface area contributed by atoms with Crippen molar-refractivity contribution in [2.75, 3.05) is 6.54 Å². The van der Waals surface area contributed by atoms with E-state index in [1.54, 1.807) is 12.1 Å². The highest BCUT2D eigenvalue weighted by atomic mass is 16.4. The summed E-state index contributed by atoms with van der Waals surface area (Å²) < 4.78 is 5.78. The molecule has 0 aliphatic heterocycles. The molecule has 1 aromatic heterocycles. The van der Waals surface area contributed by atoms with Crippen LogP contribution in [-0.4, -0.2) is 12.5 Å². The average Bonchev–Trinajstić information content (AvgIpc) is 2.96. The zero-order valence-corrected chi connectivity index (χ0v) is 12.3. The maximum atomic E-state index is 10.7. The first-order chi connectivity index (χ1) is 10.2. The monoisotopic (exact) mass is 287 g/mol. The second-order valence-electron chi connectivity index (χ2n) is 5.12. The van der Waals surface area contributed by atoms with Crippen LogP contribution >= 0.6 is 0 Å². The van der Waals surface area contributed by atoms with Gasteiger partial charge in [0.05, 0.1) is 12.5 Å². The van der Waals surface area contributed by atoms with Crippen LogP contribution in [0.25, 0.3) is 11.3 Å². The minimum atomic E-state index is -1.16. The lowest BCUT2D eigenvalue weighted by Gasteiger charge is -2.03. The molecule has 4 nitrogen and oxygen atoms in total. The topological polar surface area (TPSA) is 69.9 Å². The summed E-state index contributed by atoms with van der Waals surface area (Å²) >= 11 is 0. The first-order valence-corrected chi connectivity index (χ1v) is 7.43. The van der Waals surface area contributed by atoms with Crippen molar-refractivity contribution in [1.82, 2.24) is 0 Å². The lowest BCUT2D eigenvalue weighted by atomic mass is 10.1. The van der Waals surface area contributed by atoms with E-state index in [1.165, 1.54) is 31.4 Å². The molecule has 0 spiro atoms. The van der Waals surface area contributed by atoms with Crippen LogP contribution in [0.3, 0.4) is 0 Å². The van der Waals surface area contributed by atoms with E-state index in [0.717, 1.165) is 30.2 Å². The number of hydrogen-bond acceptors (Lipinski definition) is 3. The number of unbranched alkanes of at least 4 members (excludes halogenated alkanes) is 2. The fraction of sp³-hybridized carbons (Fsp3) is 0.353. The Morgan fingerprint density at radius 1 is 1.14 bits per heavy atom. The van der Waals surface area contributed by atoms with Gasteiger partial charge in [-0.25, -0.2) is 0 Å². The van der Waals surface area contributed by atoms with E-state index in [0.29, 0.717) is 0 Å². The molecule has 0 atom stereocenters. The van der Waals surface area contributed by atoms with Crippen molar-refractivity contribution in [3.63, 3.8) is 0 Å². The minimum Gasteiger partial charge on any atom is -0.545 e. The van der Waals surface area contributed by atoms with Crippen LogP contribution < -0.4 is 10.4 Å². The van der Waals surface area contributed by atoms with E-state index >= 15 is 0 Å². The van der Waals surface area contributed by atoms with Crippen molar-refractivity contribution in [2.24, 2.45) is 0 Å². The molecule has 0 saturated carbocycles. The molecule has 2 N–H and O–H groups in total. The highest BCUT2D eigenvalue weighted by Crippen LogP contribution is 2.22. The van der Waals surface area contributed by atoms with Crippen LogP contribution in [0.2, 0.25) is 0 Å². The molecule has 2 aromatic rings. The van der Waals surface area contributed by atoms with Gasteiger partial charge in [-0.1, -0.05) is 37.6 Å². The summed E-state index contributed by atoms with van der Waals surface area (Å²) in [6, 6.07) is 10.4. The number of aromatic carboxylic acids is 1. The molecule has 1 heterocycles. The summed E-state index contributed by atoms with van der Waals surface area (Å²) in [6.07, 6.45) is 3.74. The molecule has 0 amide bonds. The van der Waals surface area contributed by atoms with Crippen LogP contribution in [0.5, 0.6) is 0 Å². The van der Waals surface area contributed by atoms with Crippen LogP contribution in [0.4, 0.5) is 0 Å². The Bertz CT molecular complexity index is 572. The van der Waals surface area contributed by atoms with E-state index < -0.39 is 5.97 Å². The summed E-state index contributed by atoms with van der Waals surface area (Å²) in [4.78, 5) is 10.7. The van der Waals surface area contributed by atoms with Crippen molar-refractivity contribution in [3.05, 3.63) is 47.7 Å². The fourth-order valence-corrected chi connectivity index (χ4v) is 2.20. The predicted octanol–water partition coefficient (Wildman–Crippen LogP) is 1.56. The van der Waals surface area contributed by atoms with Crippen LogP contribution in [0.1, 0.15) is 42.3 Å². The van der Waals surface area contributed by atoms with Crippen molar-refractivity contribution in [2.45, 2.75) is 32.7 Å². The highest BCUT2D eigenvalue weighted by molar-refractivity contribution is 5.86. The number of quaternary nitrogens is 1. The third-order valence-corrected chi connectivity index (χ3v) is 3.42. The molecule has 21 heavy (non-hydrogen) atoms. The van der Waals surface area contributed by atoms with Gasteiger partial charge in [0.15, 0.2) is 5.76 Å². The summed E-state index contributed by atoms with van der Waals surface area (Å²) in [6.45, 7) is 4.15. The Morgan fingerprint density at radius 2 is 1.90 bits per heavy atom. The second-order valence-corrected chi connectivity index (χ2v) is 5.12. The van der Waals surface area contributed by atoms with Crippen molar-refractivity contribution in [1.29, 1.82) is 0 Å². The molecule has 0 radical (unpaired) electrons. The molecule has 4 heteroatoms. The molecule has 0 fully saturated rings. The van der Waals surface area contributed by atoms with Gasteiger partial charge < -0.3 is 19.6 Å². The molecule has 112 valence electrons. The van der Waals surface area contributed by atoms with E-state index in [2.05, 4.69) is 12.2 Å². The van der Waals surface area contributed by atoms with Gasteiger partial charge in [-0.3, -0.25) is 0 Å². The number of benzene rings is 1. The molecule has 2 rings (SSSR count). The number of carbonyl (C=O) groups is 1. The lowest BCUT2D eigenvalue weighted by Crippen LogP contribution is -2.82. The van der Waals surface area contributed by atoms with Gasteiger partial charge in [-0.05, 0) is 30.5 Å². The number of hydrogen-bond donors (Lipinski definition) is 1. The number of nitrogens with two attached hydrogens (primary N) is 1. The van der Waals surface area contributed by atoms with E-state index in [9.17, 15) is 9.90 Å². The largest absolute Gasteiger partial charge is 0.545 e. The van der Waals surface area contributed by atoms with Crippen molar-refractivity contribution in [3.8, 4) is 11.3 Å². The number of furan rings is 1. The zero-order valence-electron chi connectivity index (χ0n) is 12.3. The Kier molecular flexibility index (Phi) is 5.58. The molecular weight excluding hydrogens is 266 g/mol. The maximum absolute atomic E-state index is 10.7. The smallest absolute Gasteiger partial charge is 0.158 e. The molecule has 0 bridgehead atoms. The number of carboxylic acid groups (broad SMARTS) is 1. The molecule has 0 unspecified atom stereocenters. The van der Waals surface area contributed by atoms with E-state index in [-0.39, 0.29) is 5.56 Å². The van der Waals surface area contributed by atoms with Crippen LogP contribution in [0.15, 0.2) is 40.8 Å². The van der Waals surface area contributed by atoms with Gasteiger partial charge in [0, 0.05) is 5.56 Å². The van der Waals surface area contributed by atoms with E-state index in [4.69, 9.17) is 4.42 Å². The minimum absolute atomic E-state index is 0.176. The summed E-state index contributed by atoms with van der Waals surface area (Å²) in [7, 11) is 0. The third-order valence-electron chi connectivity index (χ3n) is 3.42. The third kappa shape index (κ3) is 4.46. The molecule has 0 aliphatic rings. The average molecular weight is 287 g/mol. The fourth-order valence-electron chi connectivity index (χ4n) is 2.20. The second kappa shape index (κ2) is 7.64. The molecular formula is C17H21NO3. The first kappa shape index (κ1) is 15.3. The molecule has 0 saturated heterocycles. The standard InChI is InChI=1S/C17H21NO3/c1-2-3-4-11-18-12-15-9-10-16(21-15)13-5-7-14(8-6-13)17(19)20/h5-10,18H,2-4,11-12H2,1H3,(H,19,20). The quantitative estimate of drug-likeness (QED) is 0.749. The summed E-state index contributed by atoms with van der Waals surface area (Å²) in [5, 5.41) is 13.0. The Balaban J connectivity index is 1.91. The van der Waals surface area contributed by atoms with Gasteiger partial charge in [0.2, 0.25) is 0 Å². The van der Waals surface area contributed by atoms with E-state index in [1.807, 2.05) is 12.1 Å². The van der Waals surface area contributed by atoms with Crippen LogP contribution in [-0.2, 0) is 6.54 Å². The Labute approximate surface area is 124 Å². The zero-order chi connectivity index (χ0) is 15.1. The predicted molar refractivity (Wildman–Crippen MR) is 78.5 cm³/mol. The van der Waals surface area contributed by atoms with Crippen molar-refractivity contribution >= 4 is 5.97 Å². The molecule has 1 aromatic carbocycles. The Morgan fingerprint density at radius 3 is 2.57 bits per heavy atom. The van der Waals surface area contributed by atoms with Gasteiger partial charge in [-0.2, -0.15) is 0 Å². The highest BCUT2D eigenvalue weighted by Gasteiger charge is 2.06. The van der Waals surface area contributed by atoms with Gasteiger partial charge in [0.25, 0.3) is 0 Å². The summed E-state index contributed by atoms with van der Waals surface area (Å²) in [5.74, 6) is 0.533. The van der Waals surface area contributed by atoms with Gasteiger partial charge >= 0.3 is 0 Å². The molecule has 0 aliphatic carbocycles. The summed E-state index contributed by atoms with van der Waals surface area (Å²) in [5.41, 5.74) is 1.05. The SMILES string of the molecule is CCCCC[NH2+]Cc1ccc(-c2ccc(C(=O)[O-])cc2)o1. The van der Waals surface area contributed by atoms with Gasteiger partial charge in [-0.15, -0.1) is 0 Å². The van der Waals surface area contributed by atoms with Crippen molar-refractivity contribution < 1.29 is 19.6 Å².